The van der Waals surface area contributed by atoms with Crippen LogP contribution in [-0.2, 0) is 20.1 Å². The van der Waals surface area contributed by atoms with E-state index in [1.165, 1.54) is 38.8 Å². The number of piperidine rings is 1. The molecule has 7 heteroatoms. The Morgan fingerprint density at radius 1 is 1.08 bits per heavy atom. The van der Waals surface area contributed by atoms with Crippen molar-refractivity contribution in [2.45, 2.75) is 51.6 Å². The van der Waals surface area contributed by atoms with Crippen molar-refractivity contribution in [1.82, 2.24) is 29.5 Å². The van der Waals surface area contributed by atoms with Gasteiger partial charge in [-0.2, -0.15) is 0 Å². The van der Waals surface area contributed by atoms with Crippen molar-refractivity contribution < 1.29 is 4.42 Å². The fraction of sp³-hybridized carbons (Fsp3) is 0.722. The molecule has 2 fully saturated rings. The highest BCUT2D eigenvalue weighted by molar-refractivity contribution is 5.05. The predicted molar refractivity (Wildman–Crippen MR) is 94.0 cm³/mol. The van der Waals surface area contributed by atoms with Gasteiger partial charge in [-0.15, -0.1) is 10.2 Å². The third kappa shape index (κ3) is 3.77. The molecule has 4 heterocycles. The van der Waals surface area contributed by atoms with E-state index in [0.717, 1.165) is 49.4 Å². The van der Waals surface area contributed by atoms with Gasteiger partial charge in [0, 0.05) is 33.0 Å². The maximum absolute atomic E-state index is 5.33. The van der Waals surface area contributed by atoms with Gasteiger partial charge in [0.15, 0.2) is 5.89 Å². The number of oxazole rings is 1. The minimum Gasteiger partial charge on any atom is -0.449 e. The summed E-state index contributed by atoms with van der Waals surface area (Å²) < 4.78 is 7.56. The third-order valence-electron chi connectivity index (χ3n) is 5.49. The van der Waals surface area contributed by atoms with Crippen LogP contribution in [0.25, 0.3) is 0 Å². The molecule has 4 rings (SSSR count). The summed E-state index contributed by atoms with van der Waals surface area (Å²) in [4.78, 5) is 9.37. The lowest BCUT2D eigenvalue weighted by atomic mass is 9.97. The Hall–Kier alpha value is -1.73. The fourth-order valence-electron chi connectivity index (χ4n) is 4.13. The molecule has 25 heavy (non-hydrogen) atoms. The van der Waals surface area contributed by atoms with Crippen LogP contribution >= 0.6 is 0 Å². The summed E-state index contributed by atoms with van der Waals surface area (Å²) in [5.41, 5.74) is 1.02. The van der Waals surface area contributed by atoms with Crippen LogP contribution in [-0.4, -0.2) is 55.7 Å². The second-order valence-electron chi connectivity index (χ2n) is 7.45. The second kappa shape index (κ2) is 7.25. The van der Waals surface area contributed by atoms with E-state index < -0.39 is 0 Å². The number of likely N-dealkylation sites (tertiary alicyclic amines) is 2. The molecule has 0 bridgehead atoms. The molecule has 136 valence electrons. The normalized spacial score (nSPS) is 22.7. The maximum atomic E-state index is 5.33. The summed E-state index contributed by atoms with van der Waals surface area (Å²) >= 11 is 0. The summed E-state index contributed by atoms with van der Waals surface area (Å²) in [5, 5.41) is 9.04. The van der Waals surface area contributed by atoms with Crippen molar-refractivity contribution in [3.05, 3.63) is 29.5 Å². The van der Waals surface area contributed by atoms with Crippen LogP contribution < -0.4 is 0 Å². The van der Waals surface area contributed by atoms with Gasteiger partial charge in [0.2, 0.25) is 0 Å². The lowest BCUT2D eigenvalue weighted by Crippen LogP contribution is -2.35. The summed E-state index contributed by atoms with van der Waals surface area (Å²) in [7, 11) is 2.13. The van der Waals surface area contributed by atoms with Gasteiger partial charge < -0.3 is 8.98 Å². The summed E-state index contributed by atoms with van der Waals surface area (Å²) in [6, 6.07) is 0. The van der Waals surface area contributed by atoms with E-state index in [1.807, 2.05) is 6.92 Å². The first-order valence-corrected chi connectivity index (χ1v) is 9.43. The van der Waals surface area contributed by atoms with Crippen molar-refractivity contribution in [3.8, 4) is 0 Å². The molecule has 0 aromatic carbocycles. The predicted octanol–water partition coefficient (Wildman–Crippen LogP) is 2.09. The molecule has 1 unspecified atom stereocenters. The Morgan fingerprint density at radius 3 is 2.64 bits per heavy atom. The highest BCUT2D eigenvalue weighted by atomic mass is 16.3. The number of aryl methyl sites for hydroxylation is 1. The number of hydrogen-bond acceptors (Lipinski definition) is 6. The van der Waals surface area contributed by atoms with Crippen LogP contribution in [0.3, 0.4) is 0 Å². The van der Waals surface area contributed by atoms with Crippen molar-refractivity contribution >= 4 is 0 Å². The van der Waals surface area contributed by atoms with Gasteiger partial charge in [0.1, 0.15) is 17.9 Å². The number of aromatic nitrogens is 4. The van der Waals surface area contributed by atoms with Crippen LogP contribution in [0, 0.1) is 6.92 Å². The molecular weight excluding hydrogens is 316 g/mol. The van der Waals surface area contributed by atoms with E-state index >= 15 is 0 Å². The zero-order valence-corrected chi connectivity index (χ0v) is 15.3. The zero-order valence-electron chi connectivity index (χ0n) is 15.3. The SMILES string of the molecule is Cc1nc(CN2CCCC(c3nnc(CN4CCCC4)n3C)C2)co1. The van der Waals surface area contributed by atoms with E-state index in [0.29, 0.717) is 5.92 Å². The Kier molecular flexibility index (Phi) is 4.85. The zero-order chi connectivity index (χ0) is 17.2. The van der Waals surface area contributed by atoms with E-state index in [2.05, 4.69) is 36.6 Å². The number of rotatable bonds is 5. The second-order valence-corrected chi connectivity index (χ2v) is 7.45. The monoisotopic (exact) mass is 344 g/mol. The standard InChI is InChI=1S/C18H28N6O/c1-14-19-16(13-25-14)11-24-9-5-6-15(10-24)18-21-20-17(22(18)2)12-23-7-3-4-8-23/h13,15H,3-12H2,1-2H3. The van der Waals surface area contributed by atoms with Crippen molar-refractivity contribution in [2.75, 3.05) is 26.2 Å². The molecule has 2 saturated heterocycles. The van der Waals surface area contributed by atoms with Gasteiger partial charge in [0.05, 0.1) is 12.2 Å². The lowest BCUT2D eigenvalue weighted by molar-refractivity contribution is 0.192. The topological polar surface area (TPSA) is 63.2 Å². The number of hydrogen-bond donors (Lipinski definition) is 0. The molecule has 0 N–H and O–H groups in total. The van der Waals surface area contributed by atoms with Gasteiger partial charge in [0.25, 0.3) is 0 Å². The maximum Gasteiger partial charge on any atom is 0.191 e. The summed E-state index contributed by atoms with van der Waals surface area (Å²) in [6.07, 6.45) is 6.77. The Morgan fingerprint density at radius 2 is 1.88 bits per heavy atom. The first-order chi connectivity index (χ1) is 12.2. The first-order valence-electron chi connectivity index (χ1n) is 9.43. The molecule has 7 nitrogen and oxygen atoms in total. The Bertz CT molecular complexity index is 702. The van der Waals surface area contributed by atoms with E-state index in [1.54, 1.807) is 6.26 Å². The van der Waals surface area contributed by atoms with Gasteiger partial charge in [-0.25, -0.2) is 4.98 Å². The molecule has 2 aliphatic heterocycles. The smallest absolute Gasteiger partial charge is 0.191 e. The van der Waals surface area contributed by atoms with Crippen molar-refractivity contribution in [1.29, 1.82) is 0 Å². The minimum absolute atomic E-state index is 0.451. The molecule has 0 saturated carbocycles. The van der Waals surface area contributed by atoms with E-state index in [-0.39, 0.29) is 0 Å². The van der Waals surface area contributed by atoms with E-state index in [9.17, 15) is 0 Å². The Labute approximate surface area is 149 Å². The minimum atomic E-state index is 0.451. The average molecular weight is 344 g/mol. The van der Waals surface area contributed by atoms with Crippen LogP contribution in [0.2, 0.25) is 0 Å². The molecule has 2 aliphatic rings. The first kappa shape index (κ1) is 16.7. The van der Waals surface area contributed by atoms with Crippen molar-refractivity contribution in [2.24, 2.45) is 7.05 Å². The number of nitrogens with zero attached hydrogens (tertiary/aromatic N) is 6. The molecule has 1 atom stereocenters. The van der Waals surface area contributed by atoms with Gasteiger partial charge in [-0.1, -0.05) is 0 Å². The van der Waals surface area contributed by atoms with Gasteiger partial charge in [-0.05, 0) is 45.3 Å². The average Bonchev–Trinajstić information content (AvgIpc) is 3.33. The molecular formula is C18H28N6O. The van der Waals surface area contributed by atoms with Crippen LogP contribution in [0.1, 0.15) is 54.8 Å². The van der Waals surface area contributed by atoms with Crippen LogP contribution in [0.15, 0.2) is 10.7 Å². The largest absolute Gasteiger partial charge is 0.449 e. The highest BCUT2D eigenvalue weighted by Crippen LogP contribution is 2.27. The quantitative estimate of drug-likeness (QED) is 0.828. The van der Waals surface area contributed by atoms with Crippen molar-refractivity contribution in [3.63, 3.8) is 0 Å². The molecule has 0 spiro atoms. The summed E-state index contributed by atoms with van der Waals surface area (Å²) in [6.45, 7) is 8.18. The highest BCUT2D eigenvalue weighted by Gasteiger charge is 2.27. The van der Waals surface area contributed by atoms with Crippen LogP contribution in [0.5, 0.6) is 0 Å². The fourth-order valence-corrected chi connectivity index (χ4v) is 4.13. The molecule has 0 radical (unpaired) electrons. The van der Waals surface area contributed by atoms with Gasteiger partial charge in [-0.3, -0.25) is 9.80 Å². The molecule has 2 aromatic heterocycles. The van der Waals surface area contributed by atoms with E-state index in [4.69, 9.17) is 4.42 Å². The molecule has 0 aliphatic carbocycles. The Balaban J connectivity index is 1.41. The van der Waals surface area contributed by atoms with Gasteiger partial charge >= 0.3 is 0 Å². The van der Waals surface area contributed by atoms with Crippen LogP contribution in [0.4, 0.5) is 0 Å². The lowest BCUT2D eigenvalue weighted by Gasteiger charge is -2.31. The summed E-state index contributed by atoms with van der Waals surface area (Å²) in [5.74, 6) is 3.42. The third-order valence-corrected chi connectivity index (χ3v) is 5.49. The molecule has 0 amide bonds. The molecule has 2 aromatic rings.